The Morgan fingerprint density at radius 2 is 1.85 bits per heavy atom. The minimum atomic E-state index is -0.377. The van der Waals surface area contributed by atoms with E-state index in [9.17, 15) is 9.59 Å². The molecule has 1 aliphatic carbocycles. The molecule has 0 bridgehead atoms. The normalized spacial score (nSPS) is 15.0. The fraction of sp³-hybridized carbons (Fsp3) is 0.364. The number of benzene rings is 2. The molecule has 0 fully saturated rings. The molecule has 1 N–H and O–H groups in total. The van der Waals surface area contributed by atoms with Crippen molar-refractivity contribution in [2.24, 2.45) is 11.3 Å². The minimum absolute atomic E-state index is 0.168. The summed E-state index contributed by atoms with van der Waals surface area (Å²) in [7, 11) is 0. The lowest BCUT2D eigenvalue weighted by Gasteiger charge is -2.33. The van der Waals surface area contributed by atoms with Crippen LogP contribution in [0, 0.1) is 11.3 Å². The number of carbonyl (C=O) groups is 2. The van der Waals surface area contributed by atoms with E-state index in [0.29, 0.717) is 34.3 Å². The Morgan fingerprint density at radius 1 is 1.05 bits per heavy atom. The Balaban J connectivity index is 1.55. The zero-order valence-electron chi connectivity index (χ0n) is 23.8. The Hall–Kier alpha value is -3.71. The van der Waals surface area contributed by atoms with Gasteiger partial charge in [-0.15, -0.1) is 11.3 Å². The molecule has 2 heterocycles. The molecule has 5 rings (SSSR count). The molecule has 0 saturated heterocycles. The average Bonchev–Trinajstić information content (AvgIpc) is 3.29. The van der Waals surface area contributed by atoms with E-state index in [0.717, 1.165) is 51.9 Å². The van der Waals surface area contributed by atoms with E-state index in [1.807, 2.05) is 61.5 Å². The van der Waals surface area contributed by atoms with Crippen LogP contribution in [0.3, 0.4) is 0 Å². The number of rotatable bonds is 7. The maximum Gasteiger partial charge on any atom is 0.341 e. The van der Waals surface area contributed by atoms with Crippen molar-refractivity contribution in [1.29, 1.82) is 0 Å². The van der Waals surface area contributed by atoms with E-state index >= 15 is 0 Å². The molecule has 0 saturated carbocycles. The molecule has 1 aliphatic rings. The zero-order valence-corrected chi connectivity index (χ0v) is 24.6. The van der Waals surface area contributed by atoms with E-state index < -0.39 is 0 Å². The fourth-order valence-electron chi connectivity index (χ4n) is 5.43. The minimum Gasteiger partial charge on any atom is -0.494 e. The van der Waals surface area contributed by atoms with Crippen molar-refractivity contribution in [2.45, 2.75) is 53.9 Å². The molecule has 1 atom stereocenters. The van der Waals surface area contributed by atoms with E-state index in [-0.39, 0.29) is 23.9 Å². The van der Waals surface area contributed by atoms with Gasteiger partial charge < -0.3 is 14.8 Å². The SMILES string of the molecule is CCOC(=O)c1c(NC(=O)c2cc(-c3cccc(OCC)c3)nc3ccccc23)sc2c1CC[C@H](C(C)(C)C)C2. The third kappa shape index (κ3) is 5.61. The smallest absolute Gasteiger partial charge is 0.341 e. The average molecular weight is 557 g/mol. The molecule has 0 spiro atoms. The summed E-state index contributed by atoms with van der Waals surface area (Å²) in [5, 5.41) is 4.41. The van der Waals surface area contributed by atoms with Crippen molar-refractivity contribution < 1.29 is 19.1 Å². The molecule has 7 heteroatoms. The van der Waals surface area contributed by atoms with Crippen LogP contribution in [0.25, 0.3) is 22.2 Å². The highest BCUT2D eigenvalue weighted by atomic mass is 32.1. The van der Waals surface area contributed by atoms with Crippen LogP contribution in [0.2, 0.25) is 0 Å². The second-order valence-electron chi connectivity index (χ2n) is 11.2. The van der Waals surface area contributed by atoms with Crippen molar-refractivity contribution in [2.75, 3.05) is 18.5 Å². The number of pyridine rings is 1. The van der Waals surface area contributed by atoms with Crippen LogP contribution in [0.15, 0.2) is 54.6 Å². The predicted octanol–water partition coefficient (Wildman–Crippen LogP) is 7.94. The number of ether oxygens (including phenoxy) is 2. The first-order valence-electron chi connectivity index (χ1n) is 14.0. The van der Waals surface area contributed by atoms with Crippen molar-refractivity contribution in [3.63, 3.8) is 0 Å². The Morgan fingerprint density at radius 3 is 2.60 bits per heavy atom. The number of hydrogen-bond donors (Lipinski definition) is 1. The maximum atomic E-state index is 13.9. The molecule has 0 radical (unpaired) electrons. The van der Waals surface area contributed by atoms with Crippen molar-refractivity contribution in [3.05, 3.63) is 76.2 Å². The van der Waals surface area contributed by atoms with Gasteiger partial charge in [0.25, 0.3) is 5.91 Å². The fourth-order valence-corrected chi connectivity index (χ4v) is 6.74. The number of para-hydroxylation sites is 1. The van der Waals surface area contributed by atoms with Crippen LogP contribution in [-0.2, 0) is 17.6 Å². The molecule has 4 aromatic rings. The summed E-state index contributed by atoms with van der Waals surface area (Å²) in [5.41, 5.74) is 4.44. The monoisotopic (exact) mass is 556 g/mol. The molecule has 1 amide bonds. The molecule has 6 nitrogen and oxygen atoms in total. The summed E-state index contributed by atoms with van der Waals surface area (Å²) < 4.78 is 11.1. The second kappa shape index (κ2) is 11.4. The van der Waals surface area contributed by atoms with E-state index in [1.165, 1.54) is 11.3 Å². The standard InChI is InChI=1S/C33H36N2O4S/c1-6-38-22-12-10-11-20(17-22)27-19-25(23-13-8-9-14-26(23)34-27)30(36)35-31-29(32(37)39-7-2)24-16-15-21(33(3,4)5)18-28(24)40-31/h8-14,17,19,21H,6-7,15-16,18H2,1-5H3,(H,35,36)/t21-/m0/s1. The molecule has 40 heavy (non-hydrogen) atoms. The number of fused-ring (bicyclic) bond motifs is 2. The maximum absolute atomic E-state index is 13.9. The predicted molar refractivity (Wildman–Crippen MR) is 162 cm³/mol. The highest BCUT2D eigenvalue weighted by molar-refractivity contribution is 7.17. The second-order valence-corrected chi connectivity index (χ2v) is 12.3. The third-order valence-electron chi connectivity index (χ3n) is 7.60. The number of amides is 1. The molecule has 0 aliphatic heterocycles. The summed E-state index contributed by atoms with van der Waals surface area (Å²) in [4.78, 5) is 33.1. The van der Waals surface area contributed by atoms with E-state index in [2.05, 4.69) is 26.1 Å². The molecular weight excluding hydrogens is 520 g/mol. The van der Waals surface area contributed by atoms with Crippen molar-refractivity contribution in [1.82, 2.24) is 4.98 Å². The lowest BCUT2D eigenvalue weighted by molar-refractivity contribution is 0.0526. The topological polar surface area (TPSA) is 77.5 Å². The lowest BCUT2D eigenvalue weighted by Crippen LogP contribution is -2.26. The Labute approximate surface area is 239 Å². The van der Waals surface area contributed by atoms with Gasteiger partial charge in [0, 0.05) is 15.8 Å². The van der Waals surface area contributed by atoms with Gasteiger partial charge in [0.05, 0.1) is 35.6 Å². The number of thiophene rings is 1. The summed E-state index contributed by atoms with van der Waals surface area (Å²) in [6.45, 7) is 11.4. The summed E-state index contributed by atoms with van der Waals surface area (Å²) in [6.07, 6.45) is 2.70. The van der Waals surface area contributed by atoms with Gasteiger partial charge in [-0.3, -0.25) is 4.79 Å². The first kappa shape index (κ1) is 27.8. The van der Waals surface area contributed by atoms with Crippen LogP contribution in [0.5, 0.6) is 5.75 Å². The number of nitrogens with zero attached hydrogens (tertiary/aromatic N) is 1. The largest absolute Gasteiger partial charge is 0.494 e. The van der Waals surface area contributed by atoms with Crippen LogP contribution >= 0.6 is 11.3 Å². The summed E-state index contributed by atoms with van der Waals surface area (Å²) in [5.74, 6) is 0.601. The number of anilines is 1. The van der Waals surface area contributed by atoms with Crippen molar-refractivity contribution >= 4 is 39.1 Å². The first-order chi connectivity index (χ1) is 19.2. The van der Waals surface area contributed by atoms with Gasteiger partial charge in [0.15, 0.2) is 0 Å². The summed E-state index contributed by atoms with van der Waals surface area (Å²) >= 11 is 1.51. The van der Waals surface area contributed by atoms with E-state index in [1.54, 1.807) is 6.92 Å². The molecular formula is C33H36N2O4S. The number of nitrogens with one attached hydrogen (secondary N) is 1. The van der Waals surface area contributed by atoms with Gasteiger partial charge >= 0.3 is 5.97 Å². The van der Waals surface area contributed by atoms with Crippen LogP contribution in [-0.4, -0.2) is 30.1 Å². The highest BCUT2D eigenvalue weighted by Gasteiger charge is 2.34. The highest BCUT2D eigenvalue weighted by Crippen LogP contribution is 2.44. The van der Waals surface area contributed by atoms with Crippen LogP contribution < -0.4 is 10.1 Å². The number of aromatic nitrogens is 1. The van der Waals surface area contributed by atoms with Gasteiger partial charge in [0.1, 0.15) is 10.8 Å². The van der Waals surface area contributed by atoms with Crippen LogP contribution in [0.1, 0.15) is 72.2 Å². The molecule has 208 valence electrons. The number of hydrogen-bond acceptors (Lipinski definition) is 6. The van der Waals surface area contributed by atoms with Gasteiger partial charge in [0.2, 0.25) is 0 Å². The first-order valence-corrected chi connectivity index (χ1v) is 14.8. The Bertz CT molecular complexity index is 1570. The lowest BCUT2D eigenvalue weighted by atomic mass is 9.72. The quantitative estimate of drug-likeness (QED) is 0.234. The van der Waals surface area contributed by atoms with Gasteiger partial charge in [-0.1, -0.05) is 51.1 Å². The number of carbonyl (C=O) groups excluding carboxylic acids is 2. The van der Waals surface area contributed by atoms with E-state index in [4.69, 9.17) is 14.5 Å². The van der Waals surface area contributed by atoms with Gasteiger partial charge in [-0.2, -0.15) is 0 Å². The number of esters is 1. The zero-order chi connectivity index (χ0) is 28.4. The van der Waals surface area contributed by atoms with Crippen molar-refractivity contribution in [3.8, 4) is 17.0 Å². The summed E-state index contributed by atoms with van der Waals surface area (Å²) in [6, 6.07) is 17.1. The Kier molecular flexibility index (Phi) is 7.95. The van der Waals surface area contributed by atoms with Gasteiger partial charge in [-0.25, -0.2) is 9.78 Å². The molecule has 2 aromatic heterocycles. The third-order valence-corrected chi connectivity index (χ3v) is 8.77. The van der Waals surface area contributed by atoms with Gasteiger partial charge in [-0.05, 0) is 74.3 Å². The van der Waals surface area contributed by atoms with Crippen LogP contribution in [0.4, 0.5) is 5.00 Å². The molecule has 2 aromatic carbocycles. The molecule has 0 unspecified atom stereocenters.